The maximum Gasteiger partial charge on any atom is 0.366 e. The third-order valence-electron chi connectivity index (χ3n) is 2.21. The number of carbonyl (C=O) groups is 1. The quantitative estimate of drug-likeness (QED) is 0.659. The van der Waals surface area contributed by atoms with E-state index in [0.29, 0.717) is 5.56 Å². The second-order valence-electron chi connectivity index (χ2n) is 3.42. The maximum atomic E-state index is 11.0. The Balaban J connectivity index is 2.37. The summed E-state index contributed by atoms with van der Waals surface area (Å²) in [6, 6.07) is 9.92. The van der Waals surface area contributed by atoms with Crippen molar-refractivity contribution in [3.8, 4) is 10.4 Å². The van der Waals surface area contributed by atoms with E-state index < -0.39 is 7.60 Å². The largest absolute Gasteiger partial charge is 0.366 e. The van der Waals surface area contributed by atoms with Gasteiger partial charge in [-0.3, -0.25) is 9.36 Å². The Labute approximate surface area is 102 Å². The zero-order valence-corrected chi connectivity index (χ0v) is 10.3. The average molecular weight is 268 g/mol. The van der Waals surface area contributed by atoms with E-state index in [2.05, 4.69) is 0 Å². The molecular weight excluding hydrogens is 259 g/mol. The van der Waals surface area contributed by atoms with E-state index >= 15 is 0 Å². The first kappa shape index (κ1) is 12.2. The lowest BCUT2D eigenvalue weighted by Gasteiger charge is -1.99. The Kier molecular flexibility index (Phi) is 3.26. The van der Waals surface area contributed by atoms with Gasteiger partial charge in [0.05, 0.1) is 0 Å². The highest BCUT2D eigenvalue weighted by Crippen LogP contribution is 2.38. The number of aldehydes is 1. The predicted octanol–water partition coefficient (Wildman–Crippen LogP) is 2.03. The van der Waals surface area contributed by atoms with Gasteiger partial charge in [0.2, 0.25) is 0 Å². The Morgan fingerprint density at radius 2 is 1.71 bits per heavy atom. The molecule has 0 amide bonds. The average Bonchev–Trinajstić information content (AvgIpc) is 2.78. The second-order valence-corrected chi connectivity index (χ2v) is 6.38. The molecule has 0 aliphatic rings. The number of carbonyl (C=O) groups excluding carboxylic acids is 1. The summed E-state index contributed by atoms with van der Waals surface area (Å²) in [5.41, 5.74) is 1.40. The lowest BCUT2D eigenvalue weighted by Crippen LogP contribution is -1.94. The van der Waals surface area contributed by atoms with Gasteiger partial charge in [0.1, 0.15) is 10.9 Å². The monoisotopic (exact) mass is 268 g/mol. The van der Waals surface area contributed by atoms with Crippen LogP contribution in [0, 0.1) is 0 Å². The number of hydrogen-bond donors (Lipinski definition) is 2. The Hall–Kier alpha value is -1.26. The summed E-state index contributed by atoms with van der Waals surface area (Å²) < 4.78 is 11.1. The van der Waals surface area contributed by atoms with Gasteiger partial charge < -0.3 is 9.79 Å². The first-order valence-electron chi connectivity index (χ1n) is 4.72. The molecular formula is C11H9O4PS. The molecule has 0 radical (unpaired) electrons. The second kappa shape index (κ2) is 4.55. The number of thiophene rings is 1. The van der Waals surface area contributed by atoms with Crippen molar-refractivity contribution in [1.29, 1.82) is 0 Å². The summed E-state index contributed by atoms with van der Waals surface area (Å²) in [6.07, 6.45) is 0.749. The molecule has 0 aliphatic heterocycles. The van der Waals surface area contributed by atoms with Gasteiger partial charge in [0.15, 0.2) is 0 Å². The maximum absolute atomic E-state index is 11.0. The van der Waals surface area contributed by atoms with Crippen LogP contribution >= 0.6 is 18.9 Å². The molecule has 1 heterocycles. The molecule has 0 unspecified atom stereocenters. The molecule has 2 aromatic rings. The van der Waals surface area contributed by atoms with E-state index in [1.165, 1.54) is 6.07 Å². The molecule has 1 aromatic heterocycles. The highest BCUT2D eigenvalue weighted by molar-refractivity contribution is 7.67. The van der Waals surface area contributed by atoms with Gasteiger partial charge in [0.25, 0.3) is 0 Å². The topological polar surface area (TPSA) is 74.6 Å². The van der Waals surface area contributed by atoms with Crippen LogP contribution in [-0.4, -0.2) is 16.1 Å². The normalized spacial score (nSPS) is 11.4. The summed E-state index contributed by atoms with van der Waals surface area (Å²) in [5.74, 6) is 0. The van der Waals surface area contributed by atoms with E-state index in [9.17, 15) is 9.36 Å². The number of rotatable bonds is 3. The van der Waals surface area contributed by atoms with Gasteiger partial charge in [0, 0.05) is 10.4 Å². The van der Waals surface area contributed by atoms with E-state index in [0.717, 1.165) is 28.1 Å². The van der Waals surface area contributed by atoms with Gasteiger partial charge in [-0.15, -0.1) is 11.3 Å². The van der Waals surface area contributed by atoms with E-state index in [1.807, 2.05) is 0 Å². The van der Waals surface area contributed by atoms with Crippen molar-refractivity contribution in [3.63, 3.8) is 0 Å². The third-order valence-corrected chi connectivity index (χ3v) is 4.86. The number of hydrogen-bond acceptors (Lipinski definition) is 3. The van der Waals surface area contributed by atoms with Crippen LogP contribution in [0.3, 0.4) is 0 Å². The van der Waals surface area contributed by atoms with Gasteiger partial charge in [-0.25, -0.2) is 0 Å². The molecule has 4 nitrogen and oxygen atoms in total. The van der Waals surface area contributed by atoms with E-state index in [4.69, 9.17) is 9.79 Å². The van der Waals surface area contributed by atoms with Crippen molar-refractivity contribution >= 4 is 29.8 Å². The third kappa shape index (κ3) is 2.70. The molecule has 88 valence electrons. The van der Waals surface area contributed by atoms with Gasteiger partial charge in [-0.2, -0.15) is 0 Å². The molecule has 1 aromatic carbocycles. The van der Waals surface area contributed by atoms with Crippen LogP contribution in [0.2, 0.25) is 0 Å². The molecule has 0 fully saturated rings. The van der Waals surface area contributed by atoms with E-state index in [1.54, 1.807) is 30.3 Å². The SMILES string of the molecule is O=Cc1ccc(-c2ccc(P(=O)(O)O)s2)cc1. The van der Waals surface area contributed by atoms with Crippen molar-refractivity contribution in [2.75, 3.05) is 0 Å². The molecule has 0 saturated heterocycles. The van der Waals surface area contributed by atoms with Crippen molar-refractivity contribution in [1.82, 2.24) is 0 Å². The minimum Gasteiger partial charge on any atom is -0.320 e. The molecule has 0 saturated carbocycles. The zero-order chi connectivity index (χ0) is 12.5. The zero-order valence-electron chi connectivity index (χ0n) is 8.61. The molecule has 2 rings (SSSR count). The highest BCUT2D eigenvalue weighted by Gasteiger charge is 2.19. The lowest BCUT2D eigenvalue weighted by molar-refractivity contribution is 0.112. The highest BCUT2D eigenvalue weighted by atomic mass is 32.1. The summed E-state index contributed by atoms with van der Waals surface area (Å²) in [4.78, 5) is 29.3. The van der Waals surface area contributed by atoms with Crippen molar-refractivity contribution < 1.29 is 19.1 Å². The molecule has 17 heavy (non-hydrogen) atoms. The van der Waals surface area contributed by atoms with Crippen LogP contribution < -0.4 is 4.62 Å². The molecule has 0 bridgehead atoms. The summed E-state index contributed by atoms with van der Waals surface area (Å²) in [7, 11) is -4.17. The van der Waals surface area contributed by atoms with Crippen LogP contribution in [0.25, 0.3) is 10.4 Å². The molecule has 6 heteroatoms. The smallest absolute Gasteiger partial charge is 0.320 e. The van der Waals surface area contributed by atoms with Crippen LogP contribution in [0.4, 0.5) is 0 Å². The Morgan fingerprint density at radius 3 is 2.18 bits per heavy atom. The van der Waals surface area contributed by atoms with E-state index in [-0.39, 0.29) is 4.62 Å². The molecule has 2 N–H and O–H groups in total. The molecule has 0 atom stereocenters. The van der Waals surface area contributed by atoms with Crippen LogP contribution in [0.1, 0.15) is 10.4 Å². The van der Waals surface area contributed by atoms with Crippen molar-refractivity contribution in [2.24, 2.45) is 0 Å². The fourth-order valence-corrected chi connectivity index (χ4v) is 3.16. The van der Waals surface area contributed by atoms with Crippen LogP contribution in [0.15, 0.2) is 36.4 Å². The molecule has 0 spiro atoms. The standard InChI is InChI=1S/C11H9O4PS/c12-7-8-1-3-9(4-2-8)10-5-6-11(17-10)16(13,14)15/h1-7H,(H2,13,14,15). The van der Waals surface area contributed by atoms with Crippen LogP contribution in [-0.2, 0) is 4.57 Å². The van der Waals surface area contributed by atoms with Crippen LogP contribution in [0.5, 0.6) is 0 Å². The first-order valence-corrected chi connectivity index (χ1v) is 7.15. The first-order chi connectivity index (χ1) is 8.00. The lowest BCUT2D eigenvalue weighted by atomic mass is 10.1. The Bertz CT molecular complexity index is 582. The summed E-state index contributed by atoms with van der Waals surface area (Å²) in [6.45, 7) is 0. The van der Waals surface area contributed by atoms with Gasteiger partial charge >= 0.3 is 7.60 Å². The minimum atomic E-state index is -4.17. The minimum absolute atomic E-state index is 0.0481. The van der Waals surface area contributed by atoms with Crippen molar-refractivity contribution in [3.05, 3.63) is 42.0 Å². The van der Waals surface area contributed by atoms with Gasteiger partial charge in [-0.05, 0) is 17.7 Å². The predicted molar refractivity (Wildman–Crippen MR) is 66.8 cm³/mol. The Morgan fingerprint density at radius 1 is 1.06 bits per heavy atom. The van der Waals surface area contributed by atoms with Gasteiger partial charge in [-0.1, -0.05) is 24.3 Å². The number of benzene rings is 1. The molecule has 0 aliphatic carbocycles. The fourth-order valence-electron chi connectivity index (χ4n) is 1.37. The van der Waals surface area contributed by atoms with Crippen molar-refractivity contribution in [2.45, 2.75) is 0 Å². The summed E-state index contributed by atoms with van der Waals surface area (Å²) >= 11 is 1.05. The fraction of sp³-hybridized carbons (Fsp3) is 0. The summed E-state index contributed by atoms with van der Waals surface area (Å²) in [5, 5.41) is 0.